The highest BCUT2D eigenvalue weighted by Gasteiger charge is 2.36. The first-order valence-electron chi connectivity index (χ1n) is 9.59. The smallest absolute Gasteiger partial charge is 0.343 e. The Labute approximate surface area is 212 Å². The van der Waals surface area contributed by atoms with Crippen molar-refractivity contribution in [1.82, 2.24) is 4.90 Å². The molecule has 0 aromatic heterocycles. The van der Waals surface area contributed by atoms with E-state index in [1.165, 1.54) is 20.3 Å². The zero-order valence-corrected chi connectivity index (χ0v) is 21.1. The number of carbonyl (C=O) groups is 4. The van der Waals surface area contributed by atoms with E-state index >= 15 is 0 Å². The van der Waals surface area contributed by atoms with Gasteiger partial charge in [-0.05, 0) is 53.7 Å². The number of esters is 1. The highest BCUT2D eigenvalue weighted by atomic mass is 79.9. The molecule has 0 atom stereocenters. The van der Waals surface area contributed by atoms with E-state index < -0.39 is 29.6 Å². The van der Waals surface area contributed by atoms with Crippen LogP contribution >= 0.6 is 39.3 Å². The van der Waals surface area contributed by atoms with Crippen LogP contribution in [0, 0.1) is 0 Å². The van der Waals surface area contributed by atoms with E-state index in [0.29, 0.717) is 38.3 Å². The minimum Gasteiger partial charge on any atom is -0.493 e. The second-order valence-electron chi connectivity index (χ2n) is 6.72. The number of thioether (sulfide) groups is 1. The molecule has 1 aliphatic heterocycles. The molecule has 2 aromatic rings. The summed E-state index contributed by atoms with van der Waals surface area (Å²) in [7, 11) is 2.67. The molecule has 2 aromatic carbocycles. The van der Waals surface area contributed by atoms with Gasteiger partial charge in [0.15, 0.2) is 18.1 Å². The minimum atomic E-state index is -0.604. The lowest BCUT2D eigenvalue weighted by molar-refractivity contribution is -0.143. The molecule has 1 heterocycles. The summed E-state index contributed by atoms with van der Waals surface area (Å²) in [6, 6.07) is 9.66. The maximum Gasteiger partial charge on any atom is 0.343 e. The summed E-state index contributed by atoms with van der Waals surface area (Å²) in [4.78, 5) is 49.9. The zero-order chi connectivity index (χ0) is 24.8. The van der Waals surface area contributed by atoms with Crippen LogP contribution in [0.15, 0.2) is 45.8 Å². The molecule has 9 nitrogen and oxygen atoms in total. The van der Waals surface area contributed by atoms with Gasteiger partial charge in [0.05, 0.1) is 19.1 Å². The molecule has 1 N–H and O–H groups in total. The quantitative estimate of drug-likeness (QED) is 0.369. The molecule has 0 unspecified atom stereocenters. The predicted octanol–water partition coefficient (Wildman–Crippen LogP) is 4.34. The van der Waals surface area contributed by atoms with Gasteiger partial charge in [0.25, 0.3) is 11.1 Å². The standard InChI is InChI=1S/C22H18BrClN2O7S/c1-31-16-6-12(15(23)9-17(16)33-11-20(28)32-2)7-18-21(29)26(22(30)34-18)10-19(27)25-14-5-3-4-13(24)8-14/h3-9H,10-11H2,1-2H3,(H,25,27)/b18-7+. The number of ether oxygens (including phenoxy) is 3. The normalized spacial score (nSPS) is 14.4. The Morgan fingerprint density at radius 1 is 1.18 bits per heavy atom. The van der Waals surface area contributed by atoms with Gasteiger partial charge < -0.3 is 19.5 Å². The van der Waals surface area contributed by atoms with Gasteiger partial charge >= 0.3 is 5.97 Å². The third-order valence-electron chi connectivity index (χ3n) is 4.43. The second kappa shape index (κ2) is 11.4. The van der Waals surface area contributed by atoms with Crippen molar-refractivity contribution in [3.8, 4) is 11.5 Å². The summed E-state index contributed by atoms with van der Waals surface area (Å²) < 4.78 is 15.8. The van der Waals surface area contributed by atoms with Crippen molar-refractivity contribution in [2.24, 2.45) is 0 Å². The molecule has 3 amide bonds. The average Bonchev–Trinajstić information content (AvgIpc) is 3.06. The van der Waals surface area contributed by atoms with Gasteiger partial charge in [-0.15, -0.1) is 0 Å². The van der Waals surface area contributed by atoms with Gasteiger partial charge in [-0.1, -0.05) is 33.6 Å². The number of methoxy groups -OCH3 is 2. The van der Waals surface area contributed by atoms with Gasteiger partial charge in [0, 0.05) is 15.2 Å². The highest BCUT2D eigenvalue weighted by Crippen LogP contribution is 2.38. The van der Waals surface area contributed by atoms with Gasteiger partial charge in [0.2, 0.25) is 5.91 Å². The molecular weight excluding hydrogens is 552 g/mol. The van der Waals surface area contributed by atoms with Crippen LogP contribution in [-0.2, 0) is 19.1 Å². The zero-order valence-electron chi connectivity index (χ0n) is 17.9. The van der Waals surface area contributed by atoms with Crippen molar-refractivity contribution in [1.29, 1.82) is 0 Å². The Bertz CT molecular complexity index is 1190. The van der Waals surface area contributed by atoms with E-state index in [1.54, 1.807) is 36.4 Å². The lowest BCUT2D eigenvalue weighted by Crippen LogP contribution is -2.36. The largest absolute Gasteiger partial charge is 0.493 e. The van der Waals surface area contributed by atoms with Crippen LogP contribution in [0.1, 0.15) is 5.56 Å². The van der Waals surface area contributed by atoms with Crippen LogP contribution in [0.4, 0.5) is 10.5 Å². The van der Waals surface area contributed by atoms with E-state index in [1.807, 2.05) is 0 Å². The summed E-state index contributed by atoms with van der Waals surface area (Å²) in [5.74, 6) is -1.12. The molecule has 0 spiro atoms. The maximum atomic E-state index is 12.8. The molecule has 0 radical (unpaired) electrons. The number of imide groups is 1. The first-order chi connectivity index (χ1) is 16.2. The highest BCUT2D eigenvalue weighted by molar-refractivity contribution is 9.10. The number of rotatable bonds is 8. The van der Waals surface area contributed by atoms with E-state index in [-0.39, 0.29) is 17.3 Å². The fourth-order valence-electron chi connectivity index (χ4n) is 2.82. The molecule has 1 fully saturated rings. The number of carbonyl (C=O) groups excluding carboxylic acids is 4. The predicted molar refractivity (Wildman–Crippen MR) is 131 cm³/mol. The Kier molecular flexibility index (Phi) is 8.59. The molecule has 1 saturated heterocycles. The number of nitrogens with zero attached hydrogens (tertiary/aromatic N) is 1. The first-order valence-corrected chi connectivity index (χ1v) is 11.6. The Morgan fingerprint density at radius 2 is 1.94 bits per heavy atom. The monoisotopic (exact) mass is 568 g/mol. The molecule has 3 rings (SSSR count). The van der Waals surface area contributed by atoms with Crippen molar-refractivity contribution >= 4 is 74.1 Å². The Balaban J connectivity index is 1.75. The Morgan fingerprint density at radius 3 is 2.62 bits per heavy atom. The molecule has 34 heavy (non-hydrogen) atoms. The maximum absolute atomic E-state index is 12.8. The second-order valence-corrected chi connectivity index (χ2v) is 9.00. The van der Waals surface area contributed by atoms with Crippen LogP contribution in [-0.4, -0.2) is 55.3 Å². The van der Waals surface area contributed by atoms with Gasteiger partial charge in [-0.3, -0.25) is 19.3 Å². The fourth-order valence-corrected chi connectivity index (χ4v) is 4.27. The lowest BCUT2D eigenvalue weighted by Gasteiger charge is -2.13. The molecule has 0 saturated carbocycles. The average molecular weight is 570 g/mol. The van der Waals surface area contributed by atoms with Crippen LogP contribution in [0.2, 0.25) is 5.02 Å². The van der Waals surface area contributed by atoms with Gasteiger partial charge in [0.1, 0.15) is 6.54 Å². The topological polar surface area (TPSA) is 111 Å². The molecule has 0 bridgehead atoms. The van der Waals surface area contributed by atoms with Crippen LogP contribution in [0.25, 0.3) is 6.08 Å². The summed E-state index contributed by atoms with van der Waals surface area (Å²) in [5.41, 5.74) is 0.974. The van der Waals surface area contributed by atoms with Crippen molar-refractivity contribution < 1.29 is 33.4 Å². The number of anilines is 1. The van der Waals surface area contributed by atoms with Crippen molar-refractivity contribution in [3.63, 3.8) is 0 Å². The Hall–Kier alpha value is -3.02. The molecule has 178 valence electrons. The van der Waals surface area contributed by atoms with Crippen LogP contribution in [0.3, 0.4) is 0 Å². The first kappa shape index (κ1) is 25.6. The summed E-state index contributed by atoms with van der Waals surface area (Å²) >= 11 is 10.0. The summed E-state index contributed by atoms with van der Waals surface area (Å²) in [5, 5.41) is 2.47. The minimum absolute atomic E-state index is 0.131. The fraction of sp³-hybridized carbons (Fsp3) is 0.182. The molecule has 12 heteroatoms. The molecule has 1 aliphatic rings. The lowest BCUT2D eigenvalue weighted by atomic mass is 10.2. The van der Waals surface area contributed by atoms with Crippen molar-refractivity contribution in [3.05, 3.63) is 56.4 Å². The number of hydrogen-bond acceptors (Lipinski definition) is 8. The van der Waals surface area contributed by atoms with Crippen molar-refractivity contribution in [2.75, 3.05) is 32.7 Å². The van der Waals surface area contributed by atoms with E-state index in [9.17, 15) is 19.2 Å². The number of hydrogen-bond donors (Lipinski definition) is 1. The number of halogens is 2. The third-order valence-corrected chi connectivity index (χ3v) is 6.26. The van der Waals surface area contributed by atoms with Gasteiger partial charge in [-0.25, -0.2) is 4.79 Å². The van der Waals surface area contributed by atoms with E-state index in [0.717, 1.165) is 4.90 Å². The molecule has 0 aliphatic carbocycles. The van der Waals surface area contributed by atoms with Crippen molar-refractivity contribution in [2.45, 2.75) is 0 Å². The van der Waals surface area contributed by atoms with Crippen LogP contribution < -0.4 is 14.8 Å². The summed E-state index contributed by atoms with van der Waals surface area (Å²) in [6.07, 6.45) is 1.50. The van der Waals surface area contributed by atoms with Crippen LogP contribution in [0.5, 0.6) is 11.5 Å². The van der Waals surface area contributed by atoms with E-state index in [4.69, 9.17) is 21.1 Å². The summed E-state index contributed by atoms with van der Waals surface area (Å²) in [6.45, 7) is -0.756. The number of benzene rings is 2. The number of amides is 3. The van der Waals surface area contributed by atoms with Gasteiger partial charge in [-0.2, -0.15) is 0 Å². The SMILES string of the molecule is COC(=O)COc1cc(Br)c(/C=C2/SC(=O)N(CC(=O)Nc3cccc(Cl)c3)C2=O)cc1OC. The third kappa shape index (κ3) is 6.31. The molecular formula is C22H18BrClN2O7S. The number of nitrogens with one attached hydrogen (secondary N) is 1. The van der Waals surface area contributed by atoms with E-state index in [2.05, 4.69) is 26.0 Å².